The zero-order valence-electron chi connectivity index (χ0n) is 13.3. The lowest BCUT2D eigenvalue weighted by atomic mass is 9.98. The maximum atomic E-state index is 12.2. The van der Waals surface area contributed by atoms with Crippen molar-refractivity contribution < 1.29 is 9.53 Å². The molecule has 0 radical (unpaired) electrons. The fourth-order valence-electron chi connectivity index (χ4n) is 2.62. The second-order valence-electron chi connectivity index (χ2n) is 5.77. The number of carbonyl (C=O) groups is 1. The number of ether oxygens (including phenoxy) is 1. The Morgan fingerprint density at radius 2 is 2.04 bits per heavy atom. The average molecular weight is 316 g/mol. The van der Waals surface area contributed by atoms with Crippen LogP contribution in [0.25, 0.3) is 0 Å². The number of hydrogen-bond donors (Lipinski definition) is 1. The van der Waals surface area contributed by atoms with Crippen LogP contribution in [0.3, 0.4) is 0 Å². The molecule has 2 aromatic rings. The zero-order valence-corrected chi connectivity index (χ0v) is 13.3. The summed E-state index contributed by atoms with van der Waals surface area (Å²) in [5.74, 6) is 1.28. The lowest BCUT2D eigenvalue weighted by Gasteiger charge is -2.31. The molecule has 1 aliphatic heterocycles. The van der Waals surface area contributed by atoms with Gasteiger partial charge in [-0.15, -0.1) is 0 Å². The van der Waals surface area contributed by atoms with Crippen molar-refractivity contribution in [1.29, 1.82) is 0 Å². The molecule has 1 fully saturated rings. The number of nitrogens with one attached hydrogen (secondary N) is 1. The monoisotopic (exact) mass is 316 g/mol. The van der Waals surface area contributed by atoms with E-state index in [0.717, 1.165) is 24.1 Å². The van der Waals surface area contributed by atoms with E-state index >= 15 is 0 Å². The van der Waals surface area contributed by atoms with Gasteiger partial charge in [0.15, 0.2) is 0 Å². The predicted molar refractivity (Wildman–Crippen MR) is 82.0 cm³/mol. The molecule has 1 aliphatic rings. The summed E-state index contributed by atoms with van der Waals surface area (Å²) in [6.07, 6.45) is 4.68. The highest BCUT2D eigenvalue weighted by molar-refractivity contribution is 5.90. The summed E-state index contributed by atoms with van der Waals surface area (Å²) in [6.45, 7) is 5.92. The van der Waals surface area contributed by atoms with Crippen molar-refractivity contribution in [2.75, 3.05) is 19.7 Å². The smallest absolute Gasteiger partial charge is 0.291 e. The molecule has 0 unspecified atom stereocenters. The maximum absolute atomic E-state index is 12.2. The molecule has 8 nitrogen and oxygen atoms in total. The molecule has 0 bridgehead atoms. The summed E-state index contributed by atoms with van der Waals surface area (Å²) in [4.78, 5) is 26.2. The molecule has 1 N–H and O–H groups in total. The minimum Gasteiger partial charge on any atom is -0.477 e. The highest BCUT2D eigenvalue weighted by Crippen LogP contribution is 2.21. The van der Waals surface area contributed by atoms with Gasteiger partial charge in [-0.3, -0.25) is 9.89 Å². The number of H-pyrrole nitrogens is 1. The van der Waals surface area contributed by atoms with Crippen molar-refractivity contribution in [3.8, 4) is 5.88 Å². The molecular weight excluding hydrogens is 296 g/mol. The Bertz CT molecular complexity index is 665. The molecular formula is C15H20N6O2. The maximum Gasteiger partial charge on any atom is 0.291 e. The molecule has 122 valence electrons. The first kappa shape index (κ1) is 15.4. The molecule has 0 aromatic carbocycles. The van der Waals surface area contributed by atoms with E-state index in [1.54, 1.807) is 4.90 Å². The molecule has 0 saturated carbocycles. The highest BCUT2D eigenvalue weighted by Gasteiger charge is 2.25. The van der Waals surface area contributed by atoms with Crippen molar-refractivity contribution >= 4 is 5.91 Å². The Hall–Kier alpha value is -2.51. The van der Waals surface area contributed by atoms with E-state index in [-0.39, 0.29) is 5.91 Å². The van der Waals surface area contributed by atoms with Gasteiger partial charge in [-0.1, -0.05) is 0 Å². The summed E-state index contributed by atoms with van der Waals surface area (Å²) < 4.78 is 5.84. The third-order valence-electron chi connectivity index (χ3n) is 4.26. The van der Waals surface area contributed by atoms with E-state index in [9.17, 15) is 4.79 Å². The fourth-order valence-corrected chi connectivity index (χ4v) is 2.62. The Morgan fingerprint density at radius 1 is 1.26 bits per heavy atom. The Balaban J connectivity index is 1.50. The minimum atomic E-state index is -0.0934. The second kappa shape index (κ2) is 6.72. The number of nitrogens with zero attached hydrogens (tertiary/aromatic N) is 5. The van der Waals surface area contributed by atoms with Crippen molar-refractivity contribution in [1.82, 2.24) is 30.0 Å². The first-order chi connectivity index (χ1) is 11.1. The summed E-state index contributed by atoms with van der Waals surface area (Å²) in [5, 5.41) is 6.33. The lowest BCUT2D eigenvalue weighted by molar-refractivity contribution is 0.0647. The number of piperidine rings is 1. The molecule has 2 aromatic heterocycles. The number of hydrogen-bond acceptors (Lipinski definition) is 6. The summed E-state index contributed by atoms with van der Waals surface area (Å²) in [5.41, 5.74) is 1.91. The van der Waals surface area contributed by atoms with Crippen LogP contribution in [0.2, 0.25) is 0 Å². The quantitative estimate of drug-likeness (QED) is 0.908. The van der Waals surface area contributed by atoms with Crippen LogP contribution in [-0.2, 0) is 0 Å². The van der Waals surface area contributed by atoms with E-state index in [2.05, 4.69) is 25.1 Å². The van der Waals surface area contributed by atoms with Crippen LogP contribution >= 0.6 is 0 Å². The number of carbonyl (C=O) groups excluding carboxylic acids is 1. The van der Waals surface area contributed by atoms with Gasteiger partial charge in [0.05, 0.1) is 6.61 Å². The fraction of sp³-hybridized carbons (Fsp3) is 0.533. The Morgan fingerprint density at radius 3 is 2.74 bits per heavy atom. The number of aromatic nitrogens is 5. The molecule has 0 spiro atoms. The average Bonchev–Trinajstić information content (AvgIpc) is 3.10. The van der Waals surface area contributed by atoms with Crippen LogP contribution in [0, 0.1) is 19.8 Å². The molecule has 0 aliphatic carbocycles. The minimum absolute atomic E-state index is 0.0934. The van der Waals surface area contributed by atoms with E-state index in [0.29, 0.717) is 37.3 Å². The first-order valence-electron chi connectivity index (χ1n) is 7.70. The number of likely N-dealkylation sites (tertiary alicyclic amines) is 1. The highest BCUT2D eigenvalue weighted by atomic mass is 16.5. The van der Waals surface area contributed by atoms with Gasteiger partial charge >= 0.3 is 0 Å². The summed E-state index contributed by atoms with van der Waals surface area (Å²) in [6, 6.07) is 0. The van der Waals surface area contributed by atoms with Crippen molar-refractivity contribution in [2.24, 2.45) is 5.92 Å². The number of aromatic amines is 1. The number of amides is 1. The van der Waals surface area contributed by atoms with Gasteiger partial charge in [-0.2, -0.15) is 5.10 Å². The van der Waals surface area contributed by atoms with Crippen molar-refractivity contribution in [3.05, 3.63) is 29.7 Å². The van der Waals surface area contributed by atoms with Gasteiger partial charge in [-0.05, 0) is 32.6 Å². The second-order valence-corrected chi connectivity index (χ2v) is 5.77. The van der Waals surface area contributed by atoms with Gasteiger partial charge in [0.1, 0.15) is 12.7 Å². The van der Waals surface area contributed by atoms with E-state index < -0.39 is 0 Å². The van der Waals surface area contributed by atoms with Crippen LogP contribution in [-0.4, -0.2) is 55.7 Å². The molecule has 23 heavy (non-hydrogen) atoms. The summed E-state index contributed by atoms with van der Waals surface area (Å²) in [7, 11) is 0. The van der Waals surface area contributed by atoms with Crippen LogP contribution in [0.4, 0.5) is 0 Å². The molecule has 0 atom stereocenters. The van der Waals surface area contributed by atoms with E-state index in [1.807, 2.05) is 13.8 Å². The van der Waals surface area contributed by atoms with Gasteiger partial charge in [0.25, 0.3) is 5.91 Å². The third-order valence-corrected chi connectivity index (χ3v) is 4.26. The van der Waals surface area contributed by atoms with E-state index in [4.69, 9.17) is 4.74 Å². The van der Waals surface area contributed by atoms with E-state index in [1.165, 1.54) is 12.7 Å². The summed E-state index contributed by atoms with van der Waals surface area (Å²) >= 11 is 0. The molecule has 8 heteroatoms. The molecule has 1 saturated heterocycles. The Kier molecular flexibility index (Phi) is 4.50. The molecule has 1 amide bonds. The largest absolute Gasteiger partial charge is 0.477 e. The van der Waals surface area contributed by atoms with Crippen molar-refractivity contribution in [3.63, 3.8) is 0 Å². The van der Waals surface area contributed by atoms with Crippen molar-refractivity contribution in [2.45, 2.75) is 26.7 Å². The van der Waals surface area contributed by atoms with Crippen LogP contribution in [0.1, 0.15) is 34.7 Å². The standard InChI is InChI=1S/C15H20N6O2/c1-10-11(2)16-8-18-14(10)23-7-12-3-5-21(6-4-12)15(22)13-17-9-19-20-13/h8-9,12H,3-7H2,1-2H3,(H,17,19,20). The van der Waals surface area contributed by atoms with Crippen LogP contribution in [0.15, 0.2) is 12.7 Å². The topological polar surface area (TPSA) is 96.9 Å². The van der Waals surface area contributed by atoms with Gasteiger partial charge in [0, 0.05) is 24.3 Å². The van der Waals surface area contributed by atoms with Gasteiger partial charge < -0.3 is 9.64 Å². The SMILES string of the molecule is Cc1ncnc(OCC2CCN(C(=O)c3ncn[nH]3)CC2)c1C. The third kappa shape index (κ3) is 3.46. The van der Waals surface area contributed by atoms with Gasteiger partial charge in [0.2, 0.25) is 11.7 Å². The van der Waals surface area contributed by atoms with Crippen LogP contribution < -0.4 is 4.74 Å². The lowest BCUT2D eigenvalue weighted by Crippen LogP contribution is -2.40. The first-order valence-corrected chi connectivity index (χ1v) is 7.70. The molecule has 3 rings (SSSR count). The Labute approximate surface area is 134 Å². The normalized spacial score (nSPS) is 15.7. The predicted octanol–water partition coefficient (Wildman–Crippen LogP) is 1.14. The van der Waals surface area contributed by atoms with Crippen LogP contribution in [0.5, 0.6) is 5.88 Å². The zero-order chi connectivity index (χ0) is 16.2. The number of rotatable bonds is 4. The number of aryl methyl sites for hydroxylation is 1. The molecule has 3 heterocycles. The van der Waals surface area contributed by atoms with Gasteiger partial charge in [-0.25, -0.2) is 15.0 Å².